The third-order valence-corrected chi connectivity index (χ3v) is 2.84. The zero-order valence-electron chi connectivity index (χ0n) is 12.7. The molecule has 0 radical (unpaired) electrons. The molecular weight excluding hydrogens is 276 g/mol. The van der Waals surface area contributed by atoms with E-state index in [-0.39, 0.29) is 13.2 Å². The van der Waals surface area contributed by atoms with Gasteiger partial charge >= 0.3 is 0 Å². The van der Waals surface area contributed by atoms with Crippen LogP contribution in [0.1, 0.15) is 18.6 Å². The molecule has 0 fully saturated rings. The molecule has 0 bridgehead atoms. The quantitative estimate of drug-likeness (QED) is 0.631. The SMILES string of the molecule is COCCOCC(O)COc1ccc([C@H](C)O)cc1OC. The first-order chi connectivity index (χ1) is 10.1. The van der Waals surface area contributed by atoms with Gasteiger partial charge in [0.1, 0.15) is 12.7 Å². The number of methoxy groups -OCH3 is 2. The molecule has 0 aliphatic rings. The first-order valence-corrected chi connectivity index (χ1v) is 6.82. The summed E-state index contributed by atoms with van der Waals surface area (Å²) in [5.41, 5.74) is 0.739. The van der Waals surface area contributed by atoms with Gasteiger partial charge in [0, 0.05) is 7.11 Å². The second-order valence-electron chi connectivity index (χ2n) is 4.62. The van der Waals surface area contributed by atoms with Crippen LogP contribution in [0.15, 0.2) is 18.2 Å². The summed E-state index contributed by atoms with van der Waals surface area (Å²) in [5.74, 6) is 1.03. The molecule has 0 heterocycles. The summed E-state index contributed by atoms with van der Waals surface area (Å²) in [6, 6.07) is 5.17. The molecule has 1 rings (SSSR count). The fourth-order valence-corrected chi connectivity index (χ4v) is 1.66. The normalized spacial score (nSPS) is 13.8. The molecular formula is C15H24O6. The zero-order chi connectivity index (χ0) is 15.7. The molecule has 2 atom stereocenters. The first-order valence-electron chi connectivity index (χ1n) is 6.82. The third-order valence-electron chi connectivity index (χ3n) is 2.84. The van der Waals surface area contributed by atoms with E-state index in [1.54, 1.807) is 32.2 Å². The van der Waals surface area contributed by atoms with Gasteiger partial charge in [-0.3, -0.25) is 0 Å². The van der Waals surface area contributed by atoms with E-state index in [2.05, 4.69) is 0 Å². The van der Waals surface area contributed by atoms with Crippen LogP contribution in [0.2, 0.25) is 0 Å². The molecule has 120 valence electrons. The number of rotatable bonds is 10. The average molecular weight is 300 g/mol. The van der Waals surface area contributed by atoms with Crippen LogP contribution in [0, 0.1) is 0 Å². The van der Waals surface area contributed by atoms with E-state index in [1.807, 2.05) is 0 Å². The van der Waals surface area contributed by atoms with Crippen molar-refractivity contribution in [1.29, 1.82) is 0 Å². The second kappa shape index (κ2) is 9.57. The summed E-state index contributed by atoms with van der Waals surface area (Å²) in [6.45, 7) is 2.87. The molecule has 0 aromatic heterocycles. The van der Waals surface area contributed by atoms with Crippen molar-refractivity contribution < 1.29 is 29.2 Å². The maximum Gasteiger partial charge on any atom is 0.161 e. The summed E-state index contributed by atoms with van der Waals surface area (Å²) in [4.78, 5) is 0. The Morgan fingerprint density at radius 2 is 1.81 bits per heavy atom. The lowest BCUT2D eigenvalue weighted by Gasteiger charge is -2.16. The van der Waals surface area contributed by atoms with E-state index < -0.39 is 12.2 Å². The Morgan fingerprint density at radius 3 is 2.43 bits per heavy atom. The summed E-state index contributed by atoms with van der Waals surface area (Å²) < 4.78 is 20.8. The molecule has 0 saturated heterocycles. The van der Waals surface area contributed by atoms with Gasteiger partial charge in [0.15, 0.2) is 11.5 Å². The zero-order valence-corrected chi connectivity index (χ0v) is 12.7. The number of aliphatic hydroxyl groups excluding tert-OH is 2. The molecule has 6 heteroatoms. The third kappa shape index (κ3) is 6.31. The van der Waals surface area contributed by atoms with Gasteiger partial charge < -0.3 is 29.2 Å². The van der Waals surface area contributed by atoms with Crippen molar-refractivity contribution in [3.05, 3.63) is 23.8 Å². The summed E-state index contributed by atoms with van der Waals surface area (Å²) in [7, 11) is 3.12. The highest BCUT2D eigenvalue weighted by atomic mass is 16.5. The van der Waals surface area contributed by atoms with Crippen LogP contribution in [-0.2, 0) is 9.47 Å². The summed E-state index contributed by atoms with van der Waals surface area (Å²) in [5, 5.41) is 19.3. The Kier molecular flexibility index (Phi) is 8.07. The van der Waals surface area contributed by atoms with Crippen LogP contribution in [0.5, 0.6) is 11.5 Å². The monoisotopic (exact) mass is 300 g/mol. The van der Waals surface area contributed by atoms with Gasteiger partial charge in [-0.1, -0.05) is 6.07 Å². The van der Waals surface area contributed by atoms with Crippen molar-refractivity contribution in [2.75, 3.05) is 40.6 Å². The minimum atomic E-state index is -0.733. The van der Waals surface area contributed by atoms with Gasteiger partial charge in [0.05, 0.1) is 33.0 Å². The molecule has 2 N–H and O–H groups in total. The van der Waals surface area contributed by atoms with Gasteiger partial charge in [-0.2, -0.15) is 0 Å². The van der Waals surface area contributed by atoms with E-state index >= 15 is 0 Å². The van der Waals surface area contributed by atoms with Gasteiger partial charge in [-0.05, 0) is 24.6 Å². The van der Waals surface area contributed by atoms with Crippen LogP contribution in [0.4, 0.5) is 0 Å². The number of benzene rings is 1. The smallest absolute Gasteiger partial charge is 0.161 e. The van der Waals surface area contributed by atoms with Crippen LogP contribution in [-0.4, -0.2) is 57.0 Å². The Morgan fingerprint density at radius 1 is 1.05 bits per heavy atom. The Balaban J connectivity index is 2.47. The molecule has 0 amide bonds. The Labute approximate surface area is 125 Å². The number of hydrogen-bond acceptors (Lipinski definition) is 6. The van der Waals surface area contributed by atoms with Crippen LogP contribution in [0.3, 0.4) is 0 Å². The van der Waals surface area contributed by atoms with E-state index in [9.17, 15) is 10.2 Å². The van der Waals surface area contributed by atoms with Crippen LogP contribution < -0.4 is 9.47 Å². The fraction of sp³-hybridized carbons (Fsp3) is 0.600. The highest BCUT2D eigenvalue weighted by Crippen LogP contribution is 2.30. The summed E-state index contributed by atoms with van der Waals surface area (Å²) in [6.07, 6.45) is -1.31. The number of aliphatic hydroxyl groups is 2. The lowest BCUT2D eigenvalue weighted by molar-refractivity contribution is -0.00451. The molecule has 21 heavy (non-hydrogen) atoms. The maximum absolute atomic E-state index is 9.74. The molecule has 6 nitrogen and oxygen atoms in total. The van der Waals surface area contributed by atoms with Crippen molar-refractivity contribution in [2.24, 2.45) is 0 Å². The molecule has 0 aliphatic heterocycles. The first kappa shape index (κ1) is 17.7. The van der Waals surface area contributed by atoms with Crippen molar-refractivity contribution in [3.63, 3.8) is 0 Å². The highest BCUT2D eigenvalue weighted by molar-refractivity contribution is 5.43. The van der Waals surface area contributed by atoms with Crippen LogP contribution in [0.25, 0.3) is 0 Å². The van der Waals surface area contributed by atoms with Crippen LogP contribution >= 0.6 is 0 Å². The standard InChI is InChI=1S/C15H24O6/c1-11(16)12-4-5-14(15(8-12)19-3)21-10-13(17)9-20-7-6-18-2/h4-5,8,11,13,16-17H,6-7,9-10H2,1-3H3/t11-,13?/m0/s1. The number of hydrogen-bond donors (Lipinski definition) is 2. The molecule has 0 saturated carbocycles. The molecule has 1 unspecified atom stereocenters. The molecule has 0 aliphatic carbocycles. The largest absolute Gasteiger partial charge is 0.493 e. The Bertz CT molecular complexity index is 407. The van der Waals surface area contributed by atoms with E-state index in [0.29, 0.717) is 24.7 Å². The molecule has 1 aromatic carbocycles. The fourth-order valence-electron chi connectivity index (χ4n) is 1.66. The van der Waals surface area contributed by atoms with Gasteiger partial charge in [0.2, 0.25) is 0 Å². The second-order valence-corrected chi connectivity index (χ2v) is 4.62. The van der Waals surface area contributed by atoms with E-state index in [1.165, 1.54) is 7.11 Å². The highest BCUT2D eigenvalue weighted by Gasteiger charge is 2.11. The molecule has 0 spiro atoms. The lowest BCUT2D eigenvalue weighted by Crippen LogP contribution is -2.24. The van der Waals surface area contributed by atoms with Crippen molar-refractivity contribution in [2.45, 2.75) is 19.1 Å². The van der Waals surface area contributed by atoms with Crippen molar-refractivity contribution in [1.82, 2.24) is 0 Å². The topological polar surface area (TPSA) is 77.4 Å². The van der Waals surface area contributed by atoms with Crippen molar-refractivity contribution in [3.8, 4) is 11.5 Å². The maximum atomic E-state index is 9.74. The van der Waals surface area contributed by atoms with Gasteiger partial charge in [-0.25, -0.2) is 0 Å². The van der Waals surface area contributed by atoms with Crippen molar-refractivity contribution >= 4 is 0 Å². The predicted octanol–water partition coefficient (Wildman–Crippen LogP) is 1.15. The average Bonchev–Trinajstić information content (AvgIpc) is 2.49. The van der Waals surface area contributed by atoms with Gasteiger partial charge in [-0.15, -0.1) is 0 Å². The molecule has 1 aromatic rings. The van der Waals surface area contributed by atoms with E-state index in [0.717, 1.165) is 5.56 Å². The number of ether oxygens (including phenoxy) is 4. The predicted molar refractivity (Wildman–Crippen MR) is 77.8 cm³/mol. The Hall–Kier alpha value is -1.34. The van der Waals surface area contributed by atoms with Gasteiger partial charge in [0.25, 0.3) is 0 Å². The summed E-state index contributed by atoms with van der Waals surface area (Å²) >= 11 is 0. The van der Waals surface area contributed by atoms with E-state index in [4.69, 9.17) is 18.9 Å². The lowest BCUT2D eigenvalue weighted by atomic mass is 10.1. The minimum absolute atomic E-state index is 0.0946. The minimum Gasteiger partial charge on any atom is -0.493 e.